The zero-order valence-electron chi connectivity index (χ0n) is 15.8. The lowest BCUT2D eigenvalue weighted by Crippen LogP contribution is -2.29. The van der Waals surface area contributed by atoms with Gasteiger partial charge in [-0.15, -0.1) is 13.2 Å². The van der Waals surface area contributed by atoms with Crippen LogP contribution in [-0.2, 0) is 4.79 Å². The lowest BCUT2D eigenvalue weighted by atomic mass is 10.1. The lowest BCUT2D eigenvalue weighted by molar-refractivity contribution is -0.274. The third kappa shape index (κ3) is 6.03. The number of nitrogens with zero attached hydrogens (tertiary/aromatic N) is 1. The van der Waals surface area contributed by atoms with Gasteiger partial charge in [-0.1, -0.05) is 11.6 Å². The number of hydrogen-bond acceptors (Lipinski definition) is 4. The summed E-state index contributed by atoms with van der Waals surface area (Å²) < 4.78 is 40.4. The minimum absolute atomic E-state index is 0.150. The molecule has 0 aliphatic carbocycles. The highest BCUT2D eigenvalue weighted by Gasteiger charge is 2.31. The van der Waals surface area contributed by atoms with Gasteiger partial charge in [-0.05, 0) is 55.3 Å². The maximum absolute atomic E-state index is 12.7. The monoisotopic (exact) mass is 441 g/mol. The number of likely N-dealkylation sites (tertiary alicyclic amines) is 1. The number of alkyl halides is 3. The maximum atomic E-state index is 12.7. The summed E-state index contributed by atoms with van der Waals surface area (Å²) in [5, 5.41) is 5.88. The summed E-state index contributed by atoms with van der Waals surface area (Å²) in [6, 6.07) is 9.59. The third-order valence-electron chi connectivity index (χ3n) is 4.42. The molecular weight excluding hydrogens is 423 g/mol. The van der Waals surface area contributed by atoms with Crippen LogP contribution in [0.3, 0.4) is 0 Å². The Bertz CT molecular complexity index is 914. The van der Waals surface area contributed by atoms with E-state index in [-0.39, 0.29) is 18.2 Å². The quantitative estimate of drug-likeness (QED) is 0.691. The van der Waals surface area contributed by atoms with E-state index in [2.05, 4.69) is 15.4 Å². The van der Waals surface area contributed by atoms with Crippen LogP contribution in [-0.4, -0.2) is 42.7 Å². The van der Waals surface area contributed by atoms with Crippen LogP contribution in [0.1, 0.15) is 23.2 Å². The fourth-order valence-electron chi connectivity index (χ4n) is 3.06. The summed E-state index contributed by atoms with van der Waals surface area (Å²) in [4.78, 5) is 26.7. The van der Waals surface area contributed by atoms with Crippen molar-refractivity contribution in [2.75, 3.05) is 30.3 Å². The van der Waals surface area contributed by atoms with Crippen molar-refractivity contribution in [3.8, 4) is 5.75 Å². The molecule has 0 saturated carbocycles. The summed E-state index contributed by atoms with van der Waals surface area (Å²) in [5.41, 5.74) is 1.16. The molecule has 1 heterocycles. The van der Waals surface area contributed by atoms with Crippen molar-refractivity contribution in [3.05, 3.63) is 53.1 Å². The molecule has 1 saturated heterocycles. The zero-order chi connectivity index (χ0) is 21.7. The van der Waals surface area contributed by atoms with Crippen molar-refractivity contribution in [1.29, 1.82) is 0 Å². The minimum atomic E-state index is -4.78. The van der Waals surface area contributed by atoms with Crippen molar-refractivity contribution >= 4 is 34.8 Å². The van der Waals surface area contributed by atoms with Crippen molar-refractivity contribution < 1.29 is 27.5 Å². The molecule has 0 unspecified atom stereocenters. The Hall–Kier alpha value is -2.94. The van der Waals surface area contributed by atoms with E-state index in [1.165, 1.54) is 12.1 Å². The van der Waals surface area contributed by atoms with E-state index in [4.69, 9.17) is 11.6 Å². The fraction of sp³-hybridized carbons (Fsp3) is 0.300. The average Bonchev–Trinajstić information content (AvgIpc) is 3.21. The predicted molar refractivity (Wildman–Crippen MR) is 107 cm³/mol. The summed E-state index contributed by atoms with van der Waals surface area (Å²) in [6.07, 6.45) is -2.88. The highest BCUT2D eigenvalue weighted by Crippen LogP contribution is 2.25. The number of carbonyl (C=O) groups excluding carboxylic acids is 2. The normalized spacial score (nSPS) is 13.8. The first kappa shape index (κ1) is 21.8. The van der Waals surface area contributed by atoms with Gasteiger partial charge >= 0.3 is 6.36 Å². The predicted octanol–water partition coefficient (Wildman–Crippen LogP) is 4.53. The average molecular weight is 442 g/mol. The Balaban J connectivity index is 1.60. The van der Waals surface area contributed by atoms with Crippen LogP contribution in [0.4, 0.5) is 24.5 Å². The first-order valence-corrected chi connectivity index (χ1v) is 9.57. The number of anilines is 2. The van der Waals surface area contributed by atoms with Gasteiger partial charge in [-0.25, -0.2) is 0 Å². The fourth-order valence-corrected chi connectivity index (χ4v) is 3.23. The highest BCUT2D eigenvalue weighted by atomic mass is 35.5. The van der Waals surface area contributed by atoms with Crippen LogP contribution in [0.5, 0.6) is 5.75 Å². The molecule has 30 heavy (non-hydrogen) atoms. The first-order chi connectivity index (χ1) is 14.2. The second kappa shape index (κ2) is 9.25. The van der Waals surface area contributed by atoms with Crippen molar-refractivity contribution in [2.24, 2.45) is 0 Å². The van der Waals surface area contributed by atoms with Gasteiger partial charge in [0.1, 0.15) is 5.75 Å². The van der Waals surface area contributed by atoms with Gasteiger partial charge in [-0.3, -0.25) is 9.59 Å². The second-order valence-corrected chi connectivity index (χ2v) is 7.10. The number of carbonyl (C=O) groups is 2. The molecule has 160 valence electrons. The summed E-state index contributed by atoms with van der Waals surface area (Å²) in [5.74, 6) is -0.975. The van der Waals surface area contributed by atoms with Gasteiger partial charge in [-0.2, -0.15) is 0 Å². The van der Waals surface area contributed by atoms with Crippen LogP contribution in [0, 0.1) is 0 Å². The number of halogens is 4. The van der Waals surface area contributed by atoms with Gasteiger partial charge in [0.2, 0.25) is 5.91 Å². The van der Waals surface area contributed by atoms with Crippen molar-refractivity contribution in [2.45, 2.75) is 19.2 Å². The van der Waals surface area contributed by atoms with Crippen LogP contribution < -0.4 is 15.4 Å². The summed E-state index contributed by atoms with van der Waals surface area (Å²) in [7, 11) is 0. The molecular formula is C20H19ClF3N3O3. The summed E-state index contributed by atoms with van der Waals surface area (Å²) in [6.45, 7) is 1.21. The smallest absolute Gasteiger partial charge is 0.406 e. The number of hydrogen-bond donors (Lipinski definition) is 2. The van der Waals surface area contributed by atoms with E-state index >= 15 is 0 Å². The van der Waals surface area contributed by atoms with E-state index in [1.807, 2.05) is 0 Å². The van der Waals surface area contributed by atoms with Crippen LogP contribution >= 0.6 is 11.6 Å². The molecule has 0 spiro atoms. The Morgan fingerprint density at radius 2 is 1.73 bits per heavy atom. The molecule has 2 aromatic rings. The number of ether oxygens (including phenoxy) is 1. The van der Waals surface area contributed by atoms with E-state index in [9.17, 15) is 22.8 Å². The highest BCUT2D eigenvalue weighted by molar-refractivity contribution is 6.31. The van der Waals surface area contributed by atoms with Gasteiger partial charge < -0.3 is 20.3 Å². The van der Waals surface area contributed by atoms with Crippen LogP contribution in [0.15, 0.2) is 42.5 Å². The SMILES string of the molecule is O=C(CNc1ccc(Cl)cc1C(=O)N1CCCC1)Nc1ccc(OC(F)(F)F)cc1. The third-order valence-corrected chi connectivity index (χ3v) is 4.65. The van der Waals surface area contributed by atoms with Crippen molar-refractivity contribution in [3.63, 3.8) is 0 Å². The molecule has 0 aromatic heterocycles. The second-order valence-electron chi connectivity index (χ2n) is 6.66. The Kier molecular flexibility index (Phi) is 6.71. The van der Waals surface area contributed by atoms with E-state index in [1.54, 1.807) is 23.1 Å². The molecule has 3 rings (SSSR count). The zero-order valence-corrected chi connectivity index (χ0v) is 16.5. The topological polar surface area (TPSA) is 70.7 Å². The molecule has 0 radical (unpaired) electrons. The molecule has 10 heteroatoms. The van der Waals surface area contributed by atoms with E-state index in [0.29, 0.717) is 35.1 Å². The molecule has 1 aliphatic heterocycles. The first-order valence-electron chi connectivity index (χ1n) is 9.19. The molecule has 2 amide bonds. The largest absolute Gasteiger partial charge is 0.573 e. The van der Waals surface area contributed by atoms with Crippen LogP contribution in [0.2, 0.25) is 5.02 Å². The molecule has 1 fully saturated rings. The number of rotatable bonds is 6. The van der Waals surface area contributed by atoms with E-state index < -0.39 is 12.3 Å². The van der Waals surface area contributed by atoms with Gasteiger partial charge in [0.25, 0.3) is 5.91 Å². The van der Waals surface area contributed by atoms with Crippen molar-refractivity contribution in [1.82, 2.24) is 4.90 Å². The Morgan fingerprint density at radius 1 is 1.07 bits per heavy atom. The molecule has 6 nitrogen and oxygen atoms in total. The lowest BCUT2D eigenvalue weighted by Gasteiger charge is -2.18. The molecule has 1 aliphatic rings. The standard InChI is InChI=1S/C20H19ClF3N3O3/c21-13-3-8-17(16(11-13)19(29)27-9-1-2-10-27)25-12-18(28)26-14-4-6-15(7-5-14)30-20(22,23)24/h3-8,11,25H,1-2,9-10,12H2,(H,26,28). The van der Waals surface area contributed by atoms with Crippen LogP contribution in [0.25, 0.3) is 0 Å². The van der Waals surface area contributed by atoms with Gasteiger partial charge in [0, 0.05) is 29.5 Å². The minimum Gasteiger partial charge on any atom is -0.406 e. The summed E-state index contributed by atoms with van der Waals surface area (Å²) >= 11 is 6.03. The molecule has 0 bridgehead atoms. The van der Waals surface area contributed by atoms with Gasteiger partial charge in [0.15, 0.2) is 0 Å². The molecule has 0 atom stereocenters. The number of nitrogens with one attached hydrogen (secondary N) is 2. The number of benzene rings is 2. The maximum Gasteiger partial charge on any atom is 0.573 e. The Morgan fingerprint density at radius 3 is 2.37 bits per heavy atom. The Labute approximate surface area is 175 Å². The number of amides is 2. The van der Waals surface area contributed by atoms with Gasteiger partial charge in [0.05, 0.1) is 12.1 Å². The molecule has 2 N–H and O–H groups in total. The molecule has 2 aromatic carbocycles. The van der Waals surface area contributed by atoms with E-state index in [0.717, 1.165) is 25.0 Å².